The highest BCUT2D eigenvalue weighted by Gasteiger charge is 2.38. The lowest BCUT2D eigenvalue weighted by Crippen LogP contribution is -2.30. The van der Waals surface area contributed by atoms with Crippen LogP contribution in [0.1, 0.15) is 23.6 Å². The summed E-state index contributed by atoms with van der Waals surface area (Å²) >= 11 is 0. The molecule has 1 heterocycles. The molecular formula is C17H17NO4. The van der Waals surface area contributed by atoms with E-state index in [0.29, 0.717) is 6.42 Å². The molecule has 0 unspecified atom stereocenters. The van der Waals surface area contributed by atoms with Gasteiger partial charge in [0.25, 0.3) is 0 Å². The topological polar surface area (TPSA) is 59.0 Å². The number of aliphatic hydroxyl groups is 1. The number of aliphatic hydroxyl groups excluding tert-OH is 1. The van der Waals surface area contributed by atoms with Gasteiger partial charge in [-0.1, -0.05) is 60.7 Å². The summed E-state index contributed by atoms with van der Waals surface area (Å²) in [6.45, 7) is 0.164. The molecule has 0 aliphatic carbocycles. The van der Waals surface area contributed by atoms with Gasteiger partial charge in [-0.25, -0.2) is 9.63 Å². The van der Waals surface area contributed by atoms with Crippen molar-refractivity contribution in [3.63, 3.8) is 0 Å². The molecule has 2 aromatic carbocycles. The number of benzene rings is 2. The summed E-state index contributed by atoms with van der Waals surface area (Å²) in [5.74, 6) is 0. The molecule has 5 heteroatoms. The predicted octanol–water partition coefficient (Wildman–Crippen LogP) is 3.02. The Labute approximate surface area is 128 Å². The van der Waals surface area contributed by atoms with Crippen molar-refractivity contribution < 1.29 is 19.5 Å². The maximum Gasteiger partial charge on any atom is 0.434 e. The molecule has 0 bridgehead atoms. The van der Waals surface area contributed by atoms with Crippen LogP contribution in [-0.2, 0) is 16.2 Å². The largest absolute Gasteiger partial charge is 0.443 e. The van der Waals surface area contributed by atoms with Crippen LogP contribution in [0.5, 0.6) is 0 Å². The van der Waals surface area contributed by atoms with Crippen molar-refractivity contribution in [1.82, 2.24) is 5.06 Å². The molecule has 1 N–H and O–H groups in total. The minimum atomic E-state index is -1.01. The minimum absolute atomic E-state index is 0.164. The molecule has 1 fully saturated rings. The summed E-state index contributed by atoms with van der Waals surface area (Å²) in [7, 11) is 0. The van der Waals surface area contributed by atoms with Gasteiger partial charge in [-0.3, -0.25) is 0 Å². The molecule has 1 amide bonds. The van der Waals surface area contributed by atoms with E-state index < -0.39 is 12.4 Å². The molecular weight excluding hydrogens is 282 g/mol. The van der Waals surface area contributed by atoms with Gasteiger partial charge in [-0.15, -0.1) is 0 Å². The van der Waals surface area contributed by atoms with Crippen LogP contribution < -0.4 is 0 Å². The molecule has 0 aromatic heterocycles. The zero-order valence-electron chi connectivity index (χ0n) is 12.0. The van der Waals surface area contributed by atoms with E-state index in [1.54, 1.807) is 0 Å². The van der Waals surface area contributed by atoms with Crippen LogP contribution in [0.15, 0.2) is 60.7 Å². The summed E-state index contributed by atoms with van der Waals surface area (Å²) < 4.78 is 5.26. The molecule has 0 saturated carbocycles. The van der Waals surface area contributed by atoms with Gasteiger partial charge in [0.15, 0.2) is 6.29 Å². The molecule has 1 aliphatic heterocycles. The predicted molar refractivity (Wildman–Crippen MR) is 79.4 cm³/mol. The van der Waals surface area contributed by atoms with Crippen molar-refractivity contribution in [2.24, 2.45) is 0 Å². The lowest BCUT2D eigenvalue weighted by atomic mass is 10.0. The molecule has 1 aliphatic rings. The maximum atomic E-state index is 12.2. The van der Waals surface area contributed by atoms with Crippen molar-refractivity contribution in [2.75, 3.05) is 0 Å². The van der Waals surface area contributed by atoms with E-state index in [4.69, 9.17) is 9.57 Å². The number of hydrogen-bond acceptors (Lipinski definition) is 4. The third kappa shape index (κ3) is 3.27. The summed E-state index contributed by atoms with van der Waals surface area (Å²) in [5, 5.41) is 10.8. The fraction of sp³-hybridized carbons (Fsp3) is 0.235. The number of hydrogen-bond donors (Lipinski definition) is 1. The van der Waals surface area contributed by atoms with E-state index >= 15 is 0 Å². The van der Waals surface area contributed by atoms with Gasteiger partial charge < -0.3 is 9.84 Å². The van der Waals surface area contributed by atoms with E-state index in [1.807, 2.05) is 60.7 Å². The average Bonchev–Trinajstić information content (AvgIpc) is 2.96. The minimum Gasteiger partial charge on any atom is -0.443 e. The number of amides is 1. The smallest absolute Gasteiger partial charge is 0.434 e. The van der Waals surface area contributed by atoms with Gasteiger partial charge in [0, 0.05) is 6.42 Å². The number of carbonyl (C=O) groups excluding carboxylic acids is 1. The molecule has 114 valence electrons. The SMILES string of the molecule is O=C(OCc1ccccc1)N1O[C@H](O)C[C@H]1c1ccccc1. The quantitative estimate of drug-likeness (QED) is 0.946. The lowest BCUT2D eigenvalue weighted by molar-refractivity contribution is -0.202. The second-order valence-corrected chi connectivity index (χ2v) is 5.09. The summed E-state index contributed by atoms with van der Waals surface area (Å²) in [6, 6.07) is 18.5. The molecule has 3 rings (SSSR count). The normalized spacial score (nSPS) is 20.9. The molecule has 2 atom stereocenters. The van der Waals surface area contributed by atoms with Crippen LogP contribution in [-0.4, -0.2) is 22.6 Å². The van der Waals surface area contributed by atoms with Crippen LogP contribution in [0.4, 0.5) is 4.79 Å². The highest BCUT2D eigenvalue weighted by Crippen LogP contribution is 2.33. The highest BCUT2D eigenvalue weighted by molar-refractivity contribution is 5.67. The first-order valence-electron chi connectivity index (χ1n) is 7.14. The van der Waals surface area contributed by atoms with Gasteiger partial charge >= 0.3 is 6.09 Å². The second-order valence-electron chi connectivity index (χ2n) is 5.09. The second kappa shape index (κ2) is 6.60. The van der Waals surface area contributed by atoms with Crippen LogP contribution in [0.2, 0.25) is 0 Å². The van der Waals surface area contributed by atoms with Crippen molar-refractivity contribution in [3.8, 4) is 0 Å². The number of carbonyl (C=O) groups is 1. The summed E-state index contributed by atoms with van der Waals surface area (Å²) in [6.07, 6.45) is -1.28. The van der Waals surface area contributed by atoms with Gasteiger partial charge in [-0.05, 0) is 11.1 Å². The Bertz CT molecular complexity index is 617. The van der Waals surface area contributed by atoms with Crippen molar-refractivity contribution in [1.29, 1.82) is 0 Å². The average molecular weight is 299 g/mol. The standard InChI is InChI=1S/C17H17NO4/c19-16-11-15(14-9-5-2-6-10-14)18(22-16)17(20)21-12-13-7-3-1-4-8-13/h1-10,15-16,19H,11-12H2/t15-,16-/m0/s1. The van der Waals surface area contributed by atoms with Crippen molar-refractivity contribution in [2.45, 2.75) is 25.4 Å². The monoisotopic (exact) mass is 299 g/mol. The first-order chi connectivity index (χ1) is 10.7. The van der Waals surface area contributed by atoms with E-state index in [1.165, 1.54) is 0 Å². The zero-order valence-corrected chi connectivity index (χ0v) is 12.0. The van der Waals surface area contributed by atoms with Gasteiger partial charge in [0.05, 0.1) is 6.04 Å². The Morgan fingerprint density at radius 2 is 1.77 bits per heavy atom. The van der Waals surface area contributed by atoms with E-state index in [-0.39, 0.29) is 12.6 Å². The van der Waals surface area contributed by atoms with Crippen molar-refractivity contribution >= 4 is 6.09 Å². The number of rotatable bonds is 3. The Morgan fingerprint density at radius 1 is 1.14 bits per heavy atom. The maximum absolute atomic E-state index is 12.2. The lowest BCUT2D eigenvalue weighted by Gasteiger charge is -2.21. The fourth-order valence-corrected chi connectivity index (χ4v) is 2.43. The zero-order chi connectivity index (χ0) is 15.4. The Morgan fingerprint density at radius 3 is 2.45 bits per heavy atom. The van der Waals surface area contributed by atoms with Gasteiger partial charge in [0.2, 0.25) is 0 Å². The molecule has 1 saturated heterocycles. The molecule has 0 spiro atoms. The fourth-order valence-electron chi connectivity index (χ4n) is 2.43. The third-order valence-corrected chi connectivity index (χ3v) is 3.51. The summed E-state index contributed by atoms with van der Waals surface area (Å²) in [5.41, 5.74) is 1.79. The Balaban J connectivity index is 1.67. The van der Waals surface area contributed by atoms with Gasteiger partial charge in [0.1, 0.15) is 6.61 Å². The first kappa shape index (κ1) is 14.6. The Kier molecular flexibility index (Phi) is 4.37. The molecule has 5 nitrogen and oxygen atoms in total. The van der Waals surface area contributed by atoms with Crippen LogP contribution >= 0.6 is 0 Å². The Hall–Kier alpha value is -2.37. The molecule has 2 aromatic rings. The molecule has 22 heavy (non-hydrogen) atoms. The van der Waals surface area contributed by atoms with Crippen LogP contribution in [0, 0.1) is 0 Å². The molecule has 0 radical (unpaired) electrons. The van der Waals surface area contributed by atoms with Crippen LogP contribution in [0.3, 0.4) is 0 Å². The number of nitrogens with zero attached hydrogens (tertiary/aromatic N) is 1. The highest BCUT2D eigenvalue weighted by atomic mass is 16.8. The first-order valence-corrected chi connectivity index (χ1v) is 7.14. The number of hydroxylamine groups is 2. The number of ether oxygens (including phenoxy) is 1. The van der Waals surface area contributed by atoms with E-state index in [9.17, 15) is 9.90 Å². The van der Waals surface area contributed by atoms with E-state index in [2.05, 4.69) is 0 Å². The van der Waals surface area contributed by atoms with Crippen molar-refractivity contribution in [3.05, 3.63) is 71.8 Å². The van der Waals surface area contributed by atoms with Gasteiger partial charge in [-0.2, -0.15) is 5.06 Å². The third-order valence-electron chi connectivity index (χ3n) is 3.51. The van der Waals surface area contributed by atoms with E-state index in [0.717, 1.165) is 16.2 Å². The summed E-state index contributed by atoms with van der Waals surface area (Å²) in [4.78, 5) is 17.4. The van der Waals surface area contributed by atoms with Crippen LogP contribution in [0.25, 0.3) is 0 Å².